The molecule has 0 heterocycles. The van der Waals surface area contributed by atoms with Crippen LogP contribution in [0.5, 0.6) is 0 Å². The van der Waals surface area contributed by atoms with Crippen LogP contribution in [0.1, 0.15) is 20.8 Å². The summed E-state index contributed by atoms with van der Waals surface area (Å²) in [5.41, 5.74) is 0.974. The highest BCUT2D eigenvalue weighted by Crippen LogP contribution is 2.09. The van der Waals surface area contributed by atoms with Crippen molar-refractivity contribution in [2.75, 3.05) is 0 Å². The van der Waals surface area contributed by atoms with Gasteiger partial charge in [-0.15, -0.1) is 9.24 Å². The second-order valence-corrected chi connectivity index (χ2v) is 4.35. The molecule has 82 valence electrons. The van der Waals surface area contributed by atoms with Crippen LogP contribution in [0.2, 0.25) is 0 Å². The minimum absolute atomic E-state index is 0.613. The molecule has 0 aliphatic rings. The summed E-state index contributed by atoms with van der Waals surface area (Å²) in [5, 5.41) is 1.15. The Morgan fingerprint density at radius 2 is 1.67 bits per heavy atom. The van der Waals surface area contributed by atoms with Crippen molar-refractivity contribution in [2.45, 2.75) is 20.8 Å². The molecule has 0 bridgehead atoms. The van der Waals surface area contributed by atoms with Gasteiger partial charge in [-0.3, -0.25) is 0 Å². The first-order valence-electron chi connectivity index (χ1n) is 4.73. The van der Waals surface area contributed by atoms with Crippen molar-refractivity contribution in [3.63, 3.8) is 0 Å². The van der Waals surface area contributed by atoms with E-state index in [9.17, 15) is 0 Å². The van der Waals surface area contributed by atoms with Crippen molar-refractivity contribution in [3.8, 4) is 0 Å². The van der Waals surface area contributed by atoms with E-state index >= 15 is 0 Å². The van der Waals surface area contributed by atoms with Gasteiger partial charge in [-0.25, -0.2) is 0 Å². The van der Waals surface area contributed by atoms with E-state index in [2.05, 4.69) is 22.4 Å². The Morgan fingerprint density at radius 3 is 2.13 bits per heavy atom. The topological polar surface area (TPSA) is 9.23 Å². The van der Waals surface area contributed by atoms with E-state index in [0.29, 0.717) is 5.76 Å². The number of hydrogen-bond donors (Lipinski definition) is 0. The second kappa shape index (κ2) is 7.25. The lowest BCUT2D eigenvalue weighted by molar-refractivity contribution is 0.324. The summed E-state index contributed by atoms with van der Waals surface area (Å²) in [6.07, 6.45) is 7.54. The summed E-state index contributed by atoms with van der Waals surface area (Å²) in [6.45, 7) is 13.4. The fourth-order valence-electron chi connectivity index (χ4n) is 0.759. The van der Waals surface area contributed by atoms with Crippen LogP contribution >= 0.6 is 9.24 Å². The summed E-state index contributed by atoms with van der Waals surface area (Å²) in [7, 11) is 2.61. The zero-order valence-corrected chi connectivity index (χ0v) is 10.9. The molecular formula is C13H19OP. The van der Waals surface area contributed by atoms with Gasteiger partial charge in [0.1, 0.15) is 11.5 Å². The summed E-state index contributed by atoms with van der Waals surface area (Å²) >= 11 is 0. The minimum Gasteiger partial charge on any atom is -0.463 e. The van der Waals surface area contributed by atoms with Crippen molar-refractivity contribution in [3.05, 3.63) is 59.9 Å². The molecule has 0 rings (SSSR count). The molecule has 0 spiro atoms. The molecule has 0 N–H and O–H groups in total. The molecule has 0 aliphatic heterocycles. The van der Waals surface area contributed by atoms with Gasteiger partial charge in [-0.1, -0.05) is 36.2 Å². The highest BCUT2D eigenvalue weighted by molar-refractivity contribution is 7.22. The molecule has 0 fully saturated rings. The summed E-state index contributed by atoms with van der Waals surface area (Å²) in [5.74, 6) is 1.43. The van der Waals surface area contributed by atoms with E-state index in [-0.39, 0.29) is 0 Å². The van der Waals surface area contributed by atoms with E-state index in [1.807, 2.05) is 39.0 Å². The minimum atomic E-state index is 0.613. The lowest BCUT2D eigenvalue weighted by atomic mass is 10.3. The van der Waals surface area contributed by atoms with Gasteiger partial charge in [0.2, 0.25) is 0 Å². The second-order valence-electron chi connectivity index (χ2n) is 3.44. The van der Waals surface area contributed by atoms with Crippen LogP contribution in [0.3, 0.4) is 0 Å². The van der Waals surface area contributed by atoms with E-state index in [1.54, 1.807) is 6.08 Å². The summed E-state index contributed by atoms with van der Waals surface area (Å²) in [6, 6.07) is 0. The summed E-state index contributed by atoms with van der Waals surface area (Å²) < 4.78 is 5.44. The van der Waals surface area contributed by atoms with E-state index < -0.39 is 0 Å². The fraction of sp³-hybridized carbons (Fsp3) is 0.231. The zero-order chi connectivity index (χ0) is 11.8. The fourth-order valence-corrected chi connectivity index (χ4v) is 0.855. The quantitative estimate of drug-likeness (QED) is 0.382. The average molecular weight is 222 g/mol. The third-order valence-electron chi connectivity index (χ3n) is 1.43. The van der Waals surface area contributed by atoms with Crippen LogP contribution in [0.25, 0.3) is 0 Å². The number of allylic oxidation sites excluding steroid dienone is 7. The molecule has 0 aliphatic carbocycles. The molecule has 1 unspecified atom stereocenters. The normalized spacial score (nSPS) is 13.1. The zero-order valence-electron chi connectivity index (χ0n) is 9.71. The monoisotopic (exact) mass is 222 g/mol. The van der Waals surface area contributed by atoms with Gasteiger partial charge in [-0.2, -0.15) is 0 Å². The maximum atomic E-state index is 5.44. The van der Waals surface area contributed by atoms with Gasteiger partial charge in [0.15, 0.2) is 0 Å². The molecule has 0 saturated carbocycles. The molecule has 0 aromatic rings. The maximum absolute atomic E-state index is 5.44. The molecule has 15 heavy (non-hydrogen) atoms. The maximum Gasteiger partial charge on any atom is 0.119 e. The molecule has 0 radical (unpaired) electrons. The molecule has 1 atom stereocenters. The van der Waals surface area contributed by atoms with Crippen LogP contribution in [-0.4, -0.2) is 0 Å². The molecule has 0 amide bonds. The van der Waals surface area contributed by atoms with Gasteiger partial charge in [0.05, 0.1) is 0 Å². The Labute approximate surface area is 95.1 Å². The van der Waals surface area contributed by atoms with E-state index in [1.165, 1.54) is 0 Å². The van der Waals surface area contributed by atoms with Gasteiger partial charge >= 0.3 is 0 Å². The highest BCUT2D eigenvalue weighted by Gasteiger charge is 1.90. The molecule has 2 heteroatoms. The molecule has 0 aromatic carbocycles. The van der Waals surface area contributed by atoms with Crippen molar-refractivity contribution >= 4 is 9.24 Å². The first kappa shape index (κ1) is 13.9. The van der Waals surface area contributed by atoms with E-state index in [0.717, 1.165) is 16.6 Å². The SMILES string of the molecule is C=C(C)/C=C\C(=C)O/C(C)=C/C=C(\C)P. The van der Waals surface area contributed by atoms with Crippen LogP contribution < -0.4 is 0 Å². The smallest absolute Gasteiger partial charge is 0.119 e. The molecular weight excluding hydrogens is 203 g/mol. The summed E-state index contributed by atoms with van der Waals surface area (Å²) in [4.78, 5) is 0. The molecule has 0 saturated heterocycles. The van der Waals surface area contributed by atoms with Crippen molar-refractivity contribution in [2.24, 2.45) is 0 Å². The highest BCUT2D eigenvalue weighted by atomic mass is 31.0. The predicted molar refractivity (Wildman–Crippen MR) is 71.4 cm³/mol. The lowest BCUT2D eigenvalue weighted by Gasteiger charge is -2.04. The van der Waals surface area contributed by atoms with E-state index in [4.69, 9.17) is 4.74 Å². The molecule has 0 aromatic heterocycles. The Bertz CT molecular complexity index is 328. The standard InChI is InChI=1S/C13H19OP/c1-10(2)6-7-11(3)14-12(4)8-9-13(5)15/h6-9H,1,3,15H2,2,4-5H3/b7-6-,12-8+,13-9+. The van der Waals surface area contributed by atoms with Crippen LogP contribution in [0.15, 0.2) is 59.9 Å². The van der Waals surface area contributed by atoms with Crippen LogP contribution in [0, 0.1) is 0 Å². The lowest BCUT2D eigenvalue weighted by Crippen LogP contribution is -1.84. The van der Waals surface area contributed by atoms with Gasteiger partial charge in [0.25, 0.3) is 0 Å². The van der Waals surface area contributed by atoms with Crippen molar-refractivity contribution < 1.29 is 4.74 Å². The van der Waals surface area contributed by atoms with Gasteiger partial charge < -0.3 is 4.74 Å². The first-order chi connectivity index (χ1) is 6.91. The predicted octanol–water partition coefficient (Wildman–Crippen LogP) is 4.33. The number of hydrogen-bond acceptors (Lipinski definition) is 1. The first-order valence-corrected chi connectivity index (χ1v) is 5.30. The van der Waals surface area contributed by atoms with Crippen molar-refractivity contribution in [1.82, 2.24) is 0 Å². The Hall–Kier alpha value is -1.07. The third kappa shape index (κ3) is 9.24. The van der Waals surface area contributed by atoms with Crippen LogP contribution in [-0.2, 0) is 4.74 Å². The number of ether oxygens (including phenoxy) is 1. The molecule has 1 nitrogen and oxygen atoms in total. The third-order valence-corrected chi connectivity index (χ3v) is 1.62. The Kier molecular flexibility index (Phi) is 6.73. The Morgan fingerprint density at radius 1 is 1.07 bits per heavy atom. The number of rotatable bonds is 5. The average Bonchev–Trinajstić information content (AvgIpc) is 2.11. The largest absolute Gasteiger partial charge is 0.463 e. The van der Waals surface area contributed by atoms with Crippen LogP contribution in [0.4, 0.5) is 0 Å². The van der Waals surface area contributed by atoms with Gasteiger partial charge in [0, 0.05) is 0 Å². The Balaban J connectivity index is 4.25. The van der Waals surface area contributed by atoms with Gasteiger partial charge in [-0.05, 0) is 32.9 Å². The van der Waals surface area contributed by atoms with Crippen molar-refractivity contribution in [1.29, 1.82) is 0 Å².